The summed E-state index contributed by atoms with van der Waals surface area (Å²) in [6, 6.07) is 11.6. The number of aromatic hydroxyl groups is 1. The van der Waals surface area contributed by atoms with Gasteiger partial charge in [-0.3, -0.25) is 24.3 Å². The van der Waals surface area contributed by atoms with Crippen LogP contribution in [0.3, 0.4) is 0 Å². The molecule has 0 saturated heterocycles. The summed E-state index contributed by atoms with van der Waals surface area (Å²) in [7, 11) is -1.40. The van der Waals surface area contributed by atoms with Crippen LogP contribution < -0.4 is 36.7 Å². The van der Waals surface area contributed by atoms with Crippen LogP contribution in [0.2, 0.25) is 20.1 Å². The van der Waals surface area contributed by atoms with Crippen molar-refractivity contribution in [3.8, 4) is 45.9 Å². The fraction of sp³-hybridized carbons (Fsp3) is 0.143. The van der Waals surface area contributed by atoms with Gasteiger partial charge in [-0.1, -0.05) is 53.8 Å². The third-order valence-electron chi connectivity index (χ3n) is 7.74. The fourth-order valence-electron chi connectivity index (χ4n) is 4.99. The van der Waals surface area contributed by atoms with Crippen molar-refractivity contribution in [2.24, 2.45) is 0 Å². The van der Waals surface area contributed by atoms with Crippen LogP contribution in [0, 0.1) is 0 Å². The maximum absolute atomic E-state index is 13.0. The molecule has 6 rings (SSSR count). The number of alkyl halides is 4. The van der Waals surface area contributed by atoms with Crippen LogP contribution in [0.4, 0.5) is 22.3 Å². The third kappa shape index (κ3) is 15.9. The van der Waals surface area contributed by atoms with Crippen LogP contribution in [-0.4, -0.2) is 68.0 Å². The number of methoxy groups -OCH3 is 1. The monoisotopic (exact) mass is 1300 g/mol. The molecule has 69 heavy (non-hydrogen) atoms. The molecule has 0 amide bonds. The molecule has 34 heteroatoms. The molecule has 4 aromatic carbocycles. The zero-order valence-electron chi connectivity index (χ0n) is 33.0. The van der Waals surface area contributed by atoms with E-state index in [9.17, 15) is 58.7 Å². The van der Waals surface area contributed by atoms with Gasteiger partial charge < -0.3 is 19.3 Å². The molecular weight excluding hydrogens is 1280 g/mol. The summed E-state index contributed by atoms with van der Waals surface area (Å²) in [5, 5.41) is 15.6. The molecule has 0 aliphatic heterocycles. The molecule has 0 radical (unpaired) electrons. The molecule has 2 heterocycles. The quantitative estimate of drug-likeness (QED) is 0.0620. The lowest BCUT2D eigenvalue weighted by Gasteiger charge is -2.14. The van der Waals surface area contributed by atoms with E-state index >= 15 is 0 Å². The van der Waals surface area contributed by atoms with Crippen LogP contribution in [-0.2, 0) is 18.9 Å². The van der Waals surface area contributed by atoms with Crippen molar-refractivity contribution in [2.75, 3.05) is 13.4 Å². The Morgan fingerprint density at radius 2 is 1.03 bits per heavy atom. The highest BCUT2D eigenvalue weighted by Crippen LogP contribution is 2.41. The summed E-state index contributed by atoms with van der Waals surface area (Å²) in [4.78, 5) is 49.6. The van der Waals surface area contributed by atoms with Crippen LogP contribution >= 0.6 is 104 Å². The summed E-state index contributed by atoms with van der Waals surface area (Å²) in [5.74, 6) is -0.871. The van der Waals surface area contributed by atoms with Crippen LogP contribution in [0.1, 0.15) is 31.7 Å². The first-order valence-electron chi connectivity index (χ1n) is 17.0. The van der Waals surface area contributed by atoms with Crippen LogP contribution in [0.15, 0.2) is 89.6 Å². The summed E-state index contributed by atoms with van der Waals surface area (Å²) in [6.45, 7) is 0. The summed E-state index contributed by atoms with van der Waals surface area (Å²) in [6.07, 6.45) is -5.48. The summed E-state index contributed by atoms with van der Waals surface area (Å²) >= 11 is 33.9. The van der Waals surface area contributed by atoms with Gasteiger partial charge in [0.1, 0.15) is 32.8 Å². The number of nitrogens with zero attached hydrogens (tertiary/aromatic N) is 4. The van der Waals surface area contributed by atoms with Crippen molar-refractivity contribution in [1.82, 2.24) is 29.5 Å². The van der Waals surface area contributed by atoms with Gasteiger partial charge in [0.15, 0.2) is 32.7 Å². The van der Waals surface area contributed by atoms with E-state index in [0.29, 0.717) is 9.36 Å². The topological polar surface area (TPSA) is 252 Å². The Labute approximate surface area is 434 Å². The molecule has 0 spiro atoms. The van der Waals surface area contributed by atoms with Crippen molar-refractivity contribution in [2.45, 2.75) is 30.1 Å². The highest BCUT2D eigenvalue weighted by Gasteiger charge is 2.23. The molecule has 0 aliphatic carbocycles. The van der Waals surface area contributed by atoms with Gasteiger partial charge in [0.05, 0.1) is 38.6 Å². The van der Waals surface area contributed by atoms with Gasteiger partial charge in [0, 0.05) is 29.1 Å². The molecule has 3 N–H and O–H groups in total. The first-order valence-corrected chi connectivity index (χ1v) is 25.5. The van der Waals surface area contributed by atoms with Crippen molar-refractivity contribution in [3.63, 3.8) is 0 Å². The molecule has 2 aromatic heterocycles. The fourth-order valence-corrected chi connectivity index (χ4v) is 7.89. The lowest BCUT2D eigenvalue weighted by atomic mass is 10.3. The number of aromatic nitrogens is 6. The number of hydrogen-bond acceptors (Lipinski definition) is 14. The van der Waals surface area contributed by atoms with Crippen LogP contribution in [0.5, 0.6) is 34.5 Å². The van der Waals surface area contributed by atoms with Crippen molar-refractivity contribution >= 4 is 126 Å². The molecule has 374 valence electrons. The van der Waals surface area contributed by atoms with Crippen molar-refractivity contribution in [3.05, 3.63) is 134 Å². The zero-order chi connectivity index (χ0) is 50.5. The van der Waals surface area contributed by atoms with Crippen molar-refractivity contribution < 1.29 is 58.4 Å². The predicted octanol–water partition coefficient (Wildman–Crippen LogP) is 9.90. The molecule has 0 fully saturated rings. The highest BCUT2D eigenvalue weighted by molar-refractivity contribution is 9.69. The number of rotatable bonds is 11. The number of phenolic OH excluding ortho intramolecular Hbond substituents is 1. The van der Waals surface area contributed by atoms with Gasteiger partial charge in [-0.2, -0.15) is 19.6 Å². The van der Waals surface area contributed by atoms with E-state index < -0.39 is 76.3 Å². The Balaban J connectivity index is 0.000000428. The number of ether oxygens (including phenoxy) is 3. The van der Waals surface area contributed by atoms with E-state index in [4.69, 9.17) is 71.3 Å². The lowest BCUT2D eigenvalue weighted by Crippen LogP contribution is -2.34. The number of H-pyrrole nitrogens is 2. The molecular formula is C35H26BBr3Cl5F5N6O12S2. The average Bonchev–Trinajstić information content (AvgIpc) is 3.20. The first-order chi connectivity index (χ1) is 31.0. The predicted molar refractivity (Wildman–Crippen MR) is 260 cm³/mol. The van der Waals surface area contributed by atoms with Gasteiger partial charge in [-0.15, -0.1) is 47.3 Å². The van der Waals surface area contributed by atoms with E-state index in [2.05, 4.69) is 57.5 Å². The normalized spacial score (nSPS) is 11.0. The molecule has 0 unspecified atom stereocenters. The molecule has 0 saturated carbocycles. The smallest absolute Gasteiger partial charge is 0.369 e. The van der Waals surface area contributed by atoms with Crippen molar-refractivity contribution in [1.29, 1.82) is 0 Å². The minimum Gasteiger partial charge on any atom is -0.507 e. The SMILES string of the molecule is BrB(Br)Br.C.COc1ccc(Oc2c(Cl)cc(-n3nc(C(F)F)c(=O)[nH]c3=O)cc2Cl)cc1S(C)(=O)=O.F.O=c1[nH]c(=O)n(-c2cc(Cl)c(Oc3ccc(O)c(S(=O)(=O)Cl)c3)c(Cl)c2)nc1C(F)F. The van der Waals surface area contributed by atoms with E-state index in [1.54, 1.807) is 9.97 Å². The highest BCUT2D eigenvalue weighted by atomic mass is 79.9. The number of benzene rings is 4. The number of aromatic amines is 2. The Hall–Kier alpha value is -4.20. The van der Waals surface area contributed by atoms with Gasteiger partial charge in [-0.25, -0.2) is 44.0 Å². The second-order valence-electron chi connectivity index (χ2n) is 12.3. The Morgan fingerprint density at radius 1 is 0.681 bits per heavy atom. The van der Waals surface area contributed by atoms with Gasteiger partial charge >= 0.3 is 14.6 Å². The number of phenols is 1. The van der Waals surface area contributed by atoms with Crippen LogP contribution in [0.25, 0.3) is 11.4 Å². The zero-order valence-corrected chi connectivity index (χ0v) is 43.2. The van der Waals surface area contributed by atoms with E-state index in [1.807, 2.05) is 0 Å². The van der Waals surface area contributed by atoms with Gasteiger partial charge in [0.25, 0.3) is 33.0 Å². The first kappa shape index (κ1) is 60.9. The van der Waals surface area contributed by atoms with E-state index in [-0.39, 0.29) is 80.4 Å². The number of nitrogens with one attached hydrogen (secondary N) is 2. The second kappa shape index (κ2) is 25.3. The third-order valence-corrected chi connectivity index (χ3v) is 11.3. The lowest BCUT2D eigenvalue weighted by molar-refractivity contribution is 0.141. The minimum atomic E-state index is -4.29. The molecule has 0 bridgehead atoms. The maximum Gasteiger partial charge on any atom is 0.369 e. The Morgan fingerprint density at radius 3 is 1.35 bits per heavy atom. The standard InChI is InChI=1S/C18H13Cl2F2N3O6S.C16H8Cl3F2N3O6S.CH4.BBr3.FH/c1-30-12-4-3-9(7-13(12)32(2,28)29)31-15-10(19)5-8(6-11(15)20)25-18(27)23-17(26)14(24-25)16(21)22;17-8-3-6(24-16(27)22-15(26)12(23-24)14(20)21)4-9(18)13(8)30-7-1-2-10(25)11(5-7)31(19,28)29;;2-1(3)4;/h3-7,16H,1-2H3,(H,23,26,27);1-5,14,25H,(H,22,26,27);1H4;;1H. The Kier molecular flexibility index (Phi) is 22.3. The summed E-state index contributed by atoms with van der Waals surface area (Å²) < 4.78 is 116. The molecule has 0 aliphatic rings. The Bertz CT molecular complexity index is 3300. The number of sulfone groups is 1. The molecule has 18 nitrogen and oxygen atoms in total. The van der Waals surface area contributed by atoms with Gasteiger partial charge in [0.2, 0.25) is 0 Å². The molecule has 0 atom stereocenters. The average molecular weight is 1310 g/mol. The largest absolute Gasteiger partial charge is 0.507 e. The molecule has 6 aromatic rings. The van der Waals surface area contributed by atoms with Gasteiger partial charge in [-0.05, 0) is 48.5 Å². The van der Waals surface area contributed by atoms with E-state index in [1.165, 1.54) is 31.4 Å². The minimum absolute atomic E-state index is 0. The van der Waals surface area contributed by atoms with E-state index in [0.717, 1.165) is 42.7 Å². The second-order valence-corrected chi connectivity index (χ2v) is 24.9. The number of halogens is 13. The maximum atomic E-state index is 13.0. The summed E-state index contributed by atoms with van der Waals surface area (Å²) in [5.41, 5.74) is -7.51. The number of hydrogen-bond donors (Lipinski definition) is 3.